The second kappa shape index (κ2) is 9.30. The lowest BCUT2D eigenvalue weighted by molar-refractivity contribution is -0.114. The van der Waals surface area contributed by atoms with Gasteiger partial charge in [0.15, 0.2) is 0 Å². The topological polar surface area (TPSA) is 62.3 Å². The molecule has 2 amide bonds. The van der Waals surface area contributed by atoms with Crippen LogP contribution in [0.1, 0.15) is 54.0 Å². The Balaban J connectivity index is 1.63. The van der Waals surface area contributed by atoms with Gasteiger partial charge in [0, 0.05) is 30.4 Å². The fourth-order valence-electron chi connectivity index (χ4n) is 4.22. The number of likely N-dealkylation sites (tertiary alicyclic amines) is 1. The number of amides is 2. The van der Waals surface area contributed by atoms with Gasteiger partial charge in [-0.1, -0.05) is 12.1 Å². The van der Waals surface area contributed by atoms with Crippen LogP contribution in [-0.2, 0) is 4.79 Å². The average molecular weight is 432 g/mol. The molecule has 1 unspecified atom stereocenters. The van der Waals surface area contributed by atoms with Crippen molar-refractivity contribution in [2.24, 2.45) is 0 Å². The maximum Gasteiger partial charge on any atom is 0.254 e. The summed E-state index contributed by atoms with van der Waals surface area (Å²) >= 11 is 0. The molecule has 2 aromatic carbocycles. The summed E-state index contributed by atoms with van der Waals surface area (Å²) < 4.78 is 13.4. The van der Waals surface area contributed by atoms with Crippen molar-refractivity contribution in [3.8, 4) is 11.1 Å². The van der Waals surface area contributed by atoms with E-state index in [9.17, 15) is 14.0 Å². The highest BCUT2D eigenvalue weighted by atomic mass is 19.1. The predicted octanol–water partition coefficient (Wildman–Crippen LogP) is 5.52. The van der Waals surface area contributed by atoms with E-state index in [1.165, 1.54) is 19.1 Å². The Kier molecular flexibility index (Phi) is 6.30. The van der Waals surface area contributed by atoms with Gasteiger partial charge in [-0.3, -0.25) is 14.6 Å². The molecule has 1 aliphatic rings. The van der Waals surface area contributed by atoms with E-state index in [2.05, 4.69) is 5.32 Å². The van der Waals surface area contributed by atoms with Gasteiger partial charge >= 0.3 is 0 Å². The third kappa shape index (κ3) is 4.85. The summed E-state index contributed by atoms with van der Waals surface area (Å²) in [6.45, 7) is 4.05. The second-order valence-corrected chi connectivity index (χ2v) is 8.20. The number of aromatic nitrogens is 1. The fraction of sp³-hybridized carbons (Fsp3) is 0.269. The molecular formula is C26H26FN3O2. The van der Waals surface area contributed by atoms with Crippen LogP contribution in [0.2, 0.25) is 0 Å². The van der Waals surface area contributed by atoms with Gasteiger partial charge in [0.2, 0.25) is 5.91 Å². The Labute approximate surface area is 187 Å². The van der Waals surface area contributed by atoms with Crippen molar-refractivity contribution in [3.63, 3.8) is 0 Å². The van der Waals surface area contributed by atoms with Gasteiger partial charge in [0.05, 0.1) is 11.7 Å². The number of hydrogen-bond donors (Lipinski definition) is 1. The van der Waals surface area contributed by atoms with E-state index in [0.29, 0.717) is 17.8 Å². The van der Waals surface area contributed by atoms with E-state index >= 15 is 0 Å². The van der Waals surface area contributed by atoms with Crippen molar-refractivity contribution < 1.29 is 14.0 Å². The van der Waals surface area contributed by atoms with Crippen molar-refractivity contribution in [3.05, 3.63) is 83.4 Å². The van der Waals surface area contributed by atoms with Crippen molar-refractivity contribution in [1.29, 1.82) is 0 Å². The zero-order valence-corrected chi connectivity index (χ0v) is 18.3. The van der Waals surface area contributed by atoms with Gasteiger partial charge in [-0.2, -0.15) is 0 Å². The van der Waals surface area contributed by atoms with Crippen LogP contribution in [-0.4, -0.2) is 28.2 Å². The number of nitrogens with zero attached hydrogens (tertiary/aromatic N) is 2. The highest BCUT2D eigenvalue weighted by Gasteiger charge is 2.30. The second-order valence-electron chi connectivity index (χ2n) is 8.20. The molecule has 4 rings (SSSR count). The van der Waals surface area contributed by atoms with Gasteiger partial charge in [0.25, 0.3) is 5.91 Å². The first-order valence-electron chi connectivity index (χ1n) is 10.8. The molecule has 32 heavy (non-hydrogen) atoms. The van der Waals surface area contributed by atoms with Crippen molar-refractivity contribution >= 4 is 17.5 Å². The summed E-state index contributed by atoms with van der Waals surface area (Å²) in [6.07, 6.45) is 2.81. The van der Waals surface area contributed by atoms with Crippen LogP contribution in [0.4, 0.5) is 10.1 Å². The monoisotopic (exact) mass is 431 g/mol. The lowest BCUT2D eigenvalue weighted by Gasteiger charge is -2.36. The largest absolute Gasteiger partial charge is 0.330 e. The Hall–Kier alpha value is -3.54. The Bertz CT molecular complexity index is 1130. The fourth-order valence-corrected chi connectivity index (χ4v) is 4.22. The Morgan fingerprint density at radius 1 is 1.00 bits per heavy atom. The number of pyridine rings is 1. The molecule has 2 heterocycles. The number of carbonyl (C=O) groups excluding carboxylic acids is 2. The minimum absolute atomic E-state index is 0.0456. The van der Waals surface area contributed by atoms with Crippen molar-refractivity contribution in [2.45, 2.75) is 39.2 Å². The summed E-state index contributed by atoms with van der Waals surface area (Å²) in [6, 6.07) is 17.3. The third-order valence-electron chi connectivity index (χ3n) is 5.71. The molecule has 0 saturated carbocycles. The highest BCUT2D eigenvalue weighted by molar-refractivity contribution is 5.95. The van der Waals surface area contributed by atoms with Crippen LogP contribution in [0.15, 0.2) is 60.7 Å². The van der Waals surface area contributed by atoms with Gasteiger partial charge in [-0.05, 0) is 85.8 Å². The summed E-state index contributed by atoms with van der Waals surface area (Å²) in [4.78, 5) is 31.3. The van der Waals surface area contributed by atoms with Crippen LogP contribution in [0.3, 0.4) is 0 Å². The standard InChI is InChI=1S/C26H26FN3O2/c1-17-15-21(19-6-10-22(27)11-7-19)16-24(28-17)25-5-3-4-14-30(25)26(32)20-8-12-23(13-9-20)29-18(2)31/h6-13,15-16,25H,3-5,14H2,1-2H3,(H,29,31). The number of rotatable bonds is 4. The molecule has 0 bridgehead atoms. The highest BCUT2D eigenvalue weighted by Crippen LogP contribution is 2.33. The zero-order chi connectivity index (χ0) is 22.7. The Morgan fingerprint density at radius 2 is 1.72 bits per heavy atom. The van der Waals surface area contributed by atoms with Gasteiger partial charge in [0.1, 0.15) is 5.82 Å². The summed E-state index contributed by atoms with van der Waals surface area (Å²) in [5.41, 5.74) is 4.84. The average Bonchev–Trinajstić information content (AvgIpc) is 2.79. The number of aryl methyl sites for hydroxylation is 1. The summed E-state index contributed by atoms with van der Waals surface area (Å²) in [7, 11) is 0. The molecule has 1 aromatic heterocycles. The number of nitrogens with one attached hydrogen (secondary N) is 1. The maximum atomic E-state index is 13.4. The molecule has 0 spiro atoms. The molecular weight excluding hydrogens is 405 g/mol. The molecule has 3 aromatic rings. The quantitative estimate of drug-likeness (QED) is 0.591. The van der Waals surface area contributed by atoms with Crippen molar-refractivity contribution in [2.75, 3.05) is 11.9 Å². The molecule has 1 saturated heterocycles. The first-order chi connectivity index (χ1) is 15.4. The number of hydrogen-bond acceptors (Lipinski definition) is 3. The molecule has 0 aliphatic carbocycles. The molecule has 1 aliphatic heterocycles. The molecule has 164 valence electrons. The number of halogens is 1. The van der Waals surface area contributed by atoms with Crippen LogP contribution in [0, 0.1) is 12.7 Å². The maximum absolute atomic E-state index is 13.4. The lowest BCUT2D eigenvalue weighted by atomic mass is 9.95. The smallest absolute Gasteiger partial charge is 0.254 e. The minimum Gasteiger partial charge on any atom is -0.330 e. The van der Waals surface area contributed by atoms with Crippen LogP contribution < -0.4 is 5.32 Å². The SMILES string of the molecule is CC(=O)Nc1ccc(C(=O)N2CCCCC2c2cc(-c3ccc(F)cc3)cc(C)n2)cc1. The zero-order valence-electron chi connectivity index (χ0n) is 18.3. The molecule has 1 fully saturated rings. The van der Waals surface area contributed by atoms with Crippen LogP contribution in [0.5, 0.6) is 0 Å². The van der Waals surface area contributed by atoms with Crippen LogP contribution >= 0.6 is 0 Å². The predicted molar refractivity (Wildman–Crippen MR) is 123 cm³/mol. The minimum atomic E-state index is -0.270. The van der Waals surface area contributed by atoms with E-state index in [0.717, 1.165) is 41.8 Å². The molecule has 1 N–H and O–H groups in total. The molecule has 6 heteroatoms. The summed E-state index contributed by atoms with van der Waals surface area (Å²) in [5, 5.41) is 2.72. The first-order valence-corrected chi connectivity index (χ1v) is 10.8. The molecule has 5 nitrogen and oxygen atoms in total. The van der Waals surface area contributed by atoms with Gasteiger partial charge in [-0.15, -0.1) is 0 Å². The van der Waals surface area contributed by atoms with Gasteiger partial charge in [-0.25, -0.2) is 4.39 Å². The van der Waals surface area contributed by atoms with Crippen LogP contribution in [0.25, 0.3) is 11.1 Å². The van der Waals surface area contributed by atoms with Crippen molar-refractivity contribution in [1.82, 2.24) is 9.88 Å². The third-order valence-corrected chi connectivity index (χ3v) is 5.71. The first kappa shape index (κ1) is 21.7. The van der Waals surface area contributed by atoms with E-state index in [-0.39, 0.29) is 23.7 Å². The van der Waals surface area contributed by atoms with Gasteiger partial charge < -0.3 is 10.2 Å². The van der Waals surface area contributed by atoms with E-state index < -0.39 is 0 Å². The lowest BCUT2D eigenvalue weighted by Crippen LogP contribution is -2.39. The van der Waals surface area contributed by atoms with E-state index in [4.69, 9.17) is 4.98 Å². The normalized spacial score (nSPS) is 16.0. The summed E-state index contributed by atoms with van der Waals surface area (Å²) in [5.74, 6) is -0.466. The van der Waals surface area contributed by atoms with E-state index in [1.807, 2.05) is 24.0 Å². The van der Waals surface area contributed by atoms with E-state index in [1.54, 1.807) is 36.4 Å². The number of piperidine rings is 1. The molecule has 1 atom stereocenters. The number of carbonyl (C=O) groups is 2. The molecule has 0 radical (unpaired) electrons. The number of anilines is 1. The number of benzene rings is 2. The Morgan fingerprint density at radius 3 is 2.41 bits per heavy atom.